The van der Waals surface area contributed by atoms with E-state index in [9.17, 15) is 0 Å². The van der Waals surface area contributed by atoms with E-state index in [1.165, 1.54) is 0 Å². The van der Waals surface area contributed by atoms with Gasteiger partial charge < -0.3 is 4.74 Å². The molecule has 2 nitrogen and oxygen atoms in total. The van der Waals surface area contributed by atoms with Gasteiger partial charge in [0.1, 0.15) is 5.75 Å². The lowest BCUT2D eigenvalue weighted by Gasteiger charge is -2.03. The number of aromatic nitrogens is 1. The molecule has 3 rings (SSSR count). The summed E-state index contributed by atoms with van der Waals surface area (Å²) in [7, 11) is 1.70. The molecule has 2 heteroatoms. The number of benzene rings is 2. The number of ether oxygens (including phenoxy) is 1. The first-order chi connectivity index (χ1) is 8.88. The van der Waals surface area contributed by atoms with Crippen molar-refractivity contribution >= 4 is 10.9 Å². The summed E-state index contributed by atoms with van der Waals surface area (Å²) in [6, 6.07) is 20.4. The van der Waals surface area contributed by atoms with Crippen LogP contribution in [-0.2, 0) is 0 Å². The van der Waals surface area contributed by atoms with Crippen molar-refractivity contribution in [2.75, 3.05) is 7.11 Å². The average molecular weight is 236 g/mol. The molecule has 0 saturated carbocycles. The molecule has 0 aliphatic carbocycles. The summed E-state index contributed by atoms with van der Waals surface area (Å²) < 4.78 is 5.47. The number of fused-ring (bicyclic) bond motifs is 1. The van der Waals surface area contributed by atoms with E-state index < -0.39 is 0 Å². The van der Waals surface area contributed by atoms with Gasteiger partial charge in [-0.15, -0.1) is 0 Å². The second kappa shape index (κ2) is 4.49. The minimum absolute atomic E-state index is 0.892. The standard InChI is InChI=1S/C16H13NO/c1-18-16-11-15(12-7-3-2-4-8-12)17-14-10-6-5-9-13(14)16/h2-11H,1H3/p+1. The molecular weight excluding hydrogens is 222 g/mol. The van der Waals surface area contributed by atoms with Crippen LogP contribution in [0.1, 0.15) is 0 Å². The van der Waals surface area contributed by atoms with E-state index in [1.807, 2.05) is 36.4 Å². The Balaban J connectivity index is 2.26. The molecule has 0 spiro atoms. The van der Waals surface area contributed by atoms with Gasteiger partial charge in [-0.3, -0.25) is 0 Å². The summed E-state index contributed by atoms with van der Waals surface area (Å²) in [6.07, 6.45) is 0. The van der Waals surface area contributed by atoms with Gasteiger partial charge in [-0.2, -0.15) is 0 Å². The molecular formula is C16H14NO+. The molecule has 1 heterocycles. The predicted molar refractivity (Wildman–Crippen MR) is 72.5 cm³/mol. The molecule has 0 fully saturated rings. The van der Waals surface area contributed by atoms with Gasteiger partial charge in [0.15, 0.2) is 0 Å². The minimum Gasteiger partial charge on any atom is -0.496 e. The Bertz CT molecular complexity index is 677. The van der Waals surface area contributed by atoms with E-state index in [0.717, 1.165) is 27.9 Å². The molecule has 1 N–H and O–H groups in total. The Morgan fingerprint density at radius 1 is 0.889 bits per heavy atom. The van der Waals surface area contributed by atoms with E-state index in [0.29, 0.717) is 0 Å². The van der Waals surface area contributed by atoms with E-state index in [-0.39, 0.29) is 0 Å². The van der Waals surface area contributed by atoms with Crippen molar-refractivity contribution in [1.82, 2.24) is 0 Å². The molecule has 3 aromatic rings. The fourth-order valence-corrected chi connectivity index (χ4v) is 2.14. The highest BCUT2D eigenvalue weighted by atomic mass is 16.5. The van der Waals surface area contributed by atoms with Crippen LogP contribution < -0.4 is 9.72 Å². The van der Waals surface area contributed by atoms with Crippen molar-refractivity contribution in [2.24, 2.45) is 0 Å². The maximum absolute atomic E-state index is 5.47. The number of aromatic amines is 1. The number of H-pyrrole nitrogens is 1. The third kappa shape index (κ3) is 1.82. The molecule has 0 bridgehead atoms. The molecule has 1 aromatic heterocycles. The summed E-state index contributed by atoms with van der Waals surface area (Å²) in [5.74, 6) is 0.892. The second-order valence-electron chi connectivity index (χ2n) is 4.16. The van der Waals surface area contributed by atoms with Gasteiger partial charge in [-0.25, -0.2) is 4.98 Å². The van der Waals surface area contributed by atoms with Crippen LogP contribution in [0.25, 0.3) is 22.2 Å². The lowest BCUT2D eigenvalue weighted by Crippen LogP contribution is -2.08. The van der Waals surface area contributed by atoms with Crippen LogP contribution in [0.15, 0.2) is 60.7 Å². The highest BCUT2D eigenvalue weighted by Gasteiger charge is 2.12. The topological polar surface area (TPSA) is 23.4 Å². The van der Waals surface area contributed by atoms with Crippen LogP contribution >= 0.6 is 0 Å². The number of hydrogen-bond donors (Lipinski definition) is 0. The van der Waals surface area contributed by atoms with Crippen molar-refractivity contribution in [3.8, 4) is 17.0 Å². The van der Waals surface area contributed by atoms with Crippen molar-refractivity contribution in [1.29, 1.82) is 0 Å². The van der Waals surface area contributed by atoms with Crippen LogP contribution in [0, 0.1) is 0 Å². The van der Waals surface area contributed by atoms with Gasteiger partial charge in [0.2, 0.25) is 11.2 Å². The van der Waals surface area contributed by atoms with Crippen molar-refractivity contribution < 1.29 is 9.72 Å². The first kappa shape index (κ1) is 10.8. The molecule has 18 heavy (non-hydrogen) atoms. The van der Waals surface area contributed by atoms with E-state index in [4.69, 9.17) is 4.74 Å². The molecule has 88 valence electrons. The quantitative estimate of drug-likeness (QED) is 0.669. The van der Waals surface area contributed by atoms with Crippen molar-refractivity contribution in [2.45, 2.75) is 0 Å². The number of rotatable bonds is 2. The van der Waals surface area contributed by atoms with Gasteiger partial charge >= 0.3 is 0 Å². The molecule has 0 radical (unpaired) electrons. The average Bonchev–Trinajstić information content (AvgIpc) is 2.47. The molecule has 0 aliphatic rings. The van der Waals surface area contributed by atoms with Gasteiger partial charge in [0.25, 0.3) is 0 Å². The van der Waals surface area contributed by atoms with Gasteiger partial charge in [-0.1, -0.05) is 30.3 Å². The maximum atomic E-state index is 5.47. The lowest BCUT2D eigenvalue weighted by atomic mass is 10.1. The predicted octanol–water partition coefficient (Wildman–Crippen LogP) is 3.33. The third-order valence-corrected chi connectivity index (χ3v) is 3.04. The number of hydrogen-bond acceptors (Lipinski definition) is 1. The van der Waals surface area contributed by atoms with Crippen LogP contribution in [0.4, 0.5) is 0 Å². The number of methoxy groups -OCH3 is 1. The second-order valence-corrected chi connectivity index (χ2v) is 4.16. The van der Waals surface area contributed by atoms with Crippen LogP contribution in [0.2, 0.25) is 0 Å². The maximum Gasteiger partial charge on any atom is 0.215 e. The molecule has 0 unspecified atom stereocenters. The normalized spacial score (nSPS) is 10.5. The highest BCUT2D eigenvalue weighted by molar-refractivity contribution is 5.84. The van der Waals surface area contributed by atoms with Gasteiger partial charge in [0.05, 0.1) is 18.6 Å². The Morgan fingerprint density at radius 3 is 2.39 bits per heavy atom. The number of nitrogens with one attached hydrogen (secondary N) is 1. The van der Waals surface area contributed by atoms with E-state index >= 15 is 0 Å². The summed E-state index contributed by atoms with van der Waals surface area (Å²) in [4.78, 5) is 3.44. The third-order valence-electron chi connectivity index (χ3n) is 3.04. The van der Waals surface area contributed by atoms with Crippen LogP contribution in [0.5, 0.6) is 5.75 Å². The van der Waals surface area contributed by atoms with Crippen LogP contribution in [-0.4, -0.2) is 7.11 Å². The summed E-state index contributed by atoms with van der Waals surface area (Å²) in [5, 5.41) is 1.10. The molecule has 0 saturated heterocycles. The van der Waals surface area contributed by atoms with Gasteiger partial charge in [-0.05, 0) is 18.2 Å². The Labute approximate surface area is 106 Å². The molecule has 0 atom stereocenters. The first-order valence-corrected chi connectivity index (χ1v) is 5.93. The Hall–Kier alpha value is -2.35. The first-order valence-electron chi connectivity index (χ1n) is 5.93. The summed E-state index contributed by atoms with van der Waals surface area (Å²) in [6.45, 7) is 0. The van der Waals surface area contributed by atoms with Crippen molar-refractivity contribution in [3.05, 3.63) is 60.7 Å². The highest BCUT2D eigenvalue weighted by Crippen LogP contribution is 2.26. The fourth-order valence-electron chi connectivity index (χ4n) is 2.14. The lowest BCUT2D eigenvalue weighted by molar-refractivity contribution is -0.331. The molecule has 0 amide bonds. The Kier molecular flexibility index (Phi) is 2.69. The smallest absolute Gasteiger partial charge is 0.215 e. The number of pyridine rings is 1. The van der Waals surface area contributed by atoms with E-state index in [2.05, 4.69) is 29.2 Å². The number of para-hydroxylation sites is 1. The fraction of sp³-hybridized carbons (Fsp3) is 0.0625. The molecule has 0 aliphatic heterocycles. The monoisotopic (exact) mass is 236 g/mol. The summed E-state index contributed by atoms with van der Waals surface area (Å²) >= 11 is 0. The van der Waals surface area contributed by atoms with Gasteiger partial charge in [0, 0.05) is 11.6 Å². The zero-order chi connectivity index (χ0) is 12.4. The zero-order valence-electron chi connectivity index (χ0n) is 10.2. The summed E-state index contributed by atoms with van der Waals surface area (Å²) in [5.41, 5.74) is 3.29. The minimum atomic E-state index is 0.892. The Morgan fingerprint density at radius 2 is 1.61 bits per heavy atom. The largest absolute Gasteiger partial charge is 0.496 e. The van der Waals surface area contributed by atoms with E-state index in [1.54, 1.807) is 7.11 Å². The zero-order valence-corrected chi connectivity index (χ0v) is 10.2. The molecule has 2 aromatic carbocycles. The SMILES string of the molecule is COc1cc(-c2ccccc2)[nH+]c2ccccc12. The van der Waals surface area contributed by atoms with Crippen molar-refractivity contribution in [3.63, 3.8) is 0 Å². The van der Waals surface area contributed by atoms with Crippen LogP contribution in [0.3, 0.4) is 0 Å².